The number of halogens is 1. The first-order chi connectivity index (χ1) is 9.20. The number of nitrogens with zero attached hydrogens (tertiary/aromatic N) is 2. The van der Waals surface area contributed by atoms with Gasteiger partial charge in [-0.25, -0.2) is 0 Å². The van der Waals surface area contributed by atoms with Crippen molar-refractivity contribution in [2.45, 2.75) is 39.0 Å². The molecule has 0 aromatic carbocycles. The fraction of sp³-hybridized carbons (Fsp3) is 0.667. The minimum Gasteiger partial charge on any atom is -0.376 e. The summed E-state index contributed by atoms with van der Waals surface area (Å²) in [5.41, 5.74) is 1.10. The fourth-order valence-corrected chi connectivity index (χ4v) is 2.67. The van der Waals surface area contributed by atoms with Gasteiger partial charge in [0.05, 0.1) is 29.0 Å². The van der Waals surface area contributed by atoms with E-state index in [2.05, 4.69) is 38.6 Å². The van der Waals surface area contributed by atoms with Gasteiger partial charge in [0.25, 0.3) is 0 Å². The van der Waals surface area contributed by atoms with Crippen LogP contribution in [-0.4, -0.2) is 34.1 Å². The molecule has 5 nitrogen and oxygen atoms in total. The summed E-state index contributed by atoms with van der Waals surface area (Å²) in [6.45, 7) is 5.22. The Morgan fingerprint density at radius 1 is 1.63 bits per heavy atom. The van der Waals surface area contributed by atoms with Crippen LogP contribution in [0.25, 0.3) is 0 Å². The zero-order valence-electron chi connectivity index (χ0n) is 11.0. The first-order valence-electron chi connectivity index (χ1n) is 6.54. The molecule has 2 rings (SSSR count). The van der Waals surface area contributed by atoms with Gasteiger partial charge in [-0.1, -0.05) is 0 Å². The van der Waals surface area contributed by atoms with E-state index in [-0.39, 0.29) is 0 Å². The van der Waals surface area contributed by atoms with Crippen molar-refractivity contribution >= 4 is 33.3 Å². The van der Waals surface area contributed by atoms with Crippen LogP contribution in [0, 0.1) is 0 Å². The summed E-state index contributed by atoms with van der Waals surface area (Å²) in [5, 5.41) is 11.3. The van der Waals surface area contributed by atoms with Crippen molar-refractivity contribution in [1.82, 2.24) is 20.4 Å². The fourth-order valence-electron chi connectivity index (χ4n) is 2.07. The number of hydrogen-bond acceptors (Lipinski definition) is 3. The predicted molar refractivity (Wildman–Crippen MR) is 82.0 cm³/mol. The lowest BCUT2D eigenvalue weighted by Gasteiger charge is -2.14. The third-order valence-electron chi connectivity index (χ3n) is 3.13. The van der Waals surface area contributed by atoms with Gasteiger partial charge in [0.1, 0.15) is 0 Å². The predicted octanol–water partition coefficient (Wildman–Crippen LogP) is 1.81. The van der Waals surface area contributed by atoms with E-state index in [1.165, 1.54) is 0 Å². The molecule has 0 bridgehead atoms. The largest absolute Gasteiger partial charge is 0.376 e. The van der Waals surface area contributed by atoms with Crippen LogP contribution in [0.2, 0.25) is 0 Å². The molecule has 7 heteroatoms. The molecule has 0 spiro atoms. The normalized spacial score (nSPS) is 18.5. The van der Waals surface area contributed by atoms with Crippen LogP contribution < -0.4 is 10.6 Å². The quantitative estimate of drug-likeness (QED) is 0.796. The Hall–Kier alpha value is -0.660. The molecule has 1 fully saturated rings. The van der Waals surface area contributed by atoms with Crippen molar-refractivity contribution in [3.05, 3.63) is 16.4 Å². The summed E-state index contributed by atoms with van der Waals surface area (Å²) in [7, 11) is 0. The average Bonchev–Trinajstić information content (AvgIpc) is 3.03. The van der Waals surface area contributed by atoms with Gasteiger partial charge in [-0.05, 0) is 47.9 Å². The molecule has 2 heterocycles. The number of thiocarbonyl (C=S) groups is 1. The van der Waals surface area contributed by atoms with Gasteiger partial charge in [-0.2, -0.15) is 5.10 Å². The van der Waals surface area contributed by atoms with E-state index in [1.807, 2.05) is 10.9 Å². The molecule has 1 aromatic heterocycles. The Bertz CT molecular complexity index is 431. The summed E-state index contributed by atoms with van der Waals surface area (Å²) in [4.78, 5) is 0. The molecule has 1 atom stereocenters. The molecule has 1 aliphatic rings. The van der Waals surface area contributed by atoms with Crippen LogP contribution in [0.1, 0.15) is 25.5 Å². The number of nitrogens with one attached hydrogen (secondary N) is 2. The van der Waals surface area contributed by atoms with E-state index < -0.39 is 0 Å². The van der Waals surface area contributed by atoms with E-state index in [0.717, 1.165) is 42.7 Å². The highest BCUT2D eigenvalue weighted by atomic mass is 79.9. The van der Waals surface area contributed by atoms with Gasteiger partial charge >= 0.3 is 0 Å². The van der Waals surface area contributed by atoms with Crippen LogP contribution in [0.4, 0.5) is 0 Å². The maximum absolute atomic E-state index is 5.54. The highest BCUT2D eigenvalue weighted by Gasteiger charge is 2.15. The van der Waals surface area contributed by atoms with Crippen molar-refractivity contribution < 1.29 is 4.74 Å². The highest BCUT2D eigenvalue weighted by molar-refractivity contribution is 9.10. The summed E-state index contributed by atoms with van der Waals surface area (Å²) in [6, 6.07) is 0. The van der Waals surface area contributed by atoms with Crippen LogP contribution in [0.15, 0.2) is 10.7 Å². The molecule has 1 aromatic rings. The smallest absolute Gasteiger partial charge is 0.166 e. The molecule has 1 unspecified atom stereocenters. The van der Waals surface area contributed by atoms with Crippen LogP contribution in [0.3, 0.4) is 0 Å². The van der Waals surface area contributed by atoms with E-state index >= 15 is 0 Å². The molecular weight excluding hydrogens is 328 g/mol. The third kappa shape index (κ3) is 4.15. The van der Waals surface area contributed by atoms with Crippen molar-refractivity contribution in [3.8, 4) is 0 Å². The lowest BCUT2D eigenvalue weighted by Crippen LogP contribution is -2.39. The van der Waals surface area contributed by atoms with E-state index in [1.54, 1.807) is 0 Å². The molecule has 19 heavy (non-hydrogen) atoms. The zero-order valence-corrected chi connectivity index (χ0v) is 13.4. The number of aryl methyl sites for hydroxylation is 1. The van der Waals surface area contributed by atoms with E-state index in [0.29, 0.717) is 17.8 Å². The summed E-state index contributed by atoms with van der Waals surface area (Å²) in [6.07, 6.45) is 4.37. The Balaban J connectivity index is 1.74. The van der Waals surface area contributed by atoms with Gasteiger partial charge in [-0.15, -0.1) is 0 Å². The molecule has 1 saturated heterocycles. The molecule has 0 saturated carbocycles. The number of rotatable bonds is 5. The molecule has 106 valence electrons. The minimum absolute atomic E-state index is 0.299. The highest BCUT2D eigenvalue weighted by Crippen LogP contribution is 2.15. The maximum atomic E-state index is 5.54. The topological polar surface area (TPSA) is 51.1 Å². The van der Waals surface area contributed by atoms with Gasteiger partial charge in [-0.3, -0.25) is 4.68 Å². The summed E-state index contributed by atoms with van der Waals surface area (Å²) >= 11 is 8.76. The molecular formula is C12H19BrN4OS. The van der Waals surface area contributed by atoms with Gasteiger partial charge in [0, 0.05) is 19.7 Å². The van der Waals surface area contributed by atoms with Crippen LogP contribution in [0.5, 0.6) is 0 Å². The van der Waals surface area contributed by atoms with E-state index in [4.69, 9.17) is 17.0 Å². The molecule has 2 N–H and O–H groups in total. The summed E-state index contributed by atoms with van der Waals surface area (Å²) in [5.74, 6) is 0. The first kappa shape index (κ1) is 14.7. The molecule has 0 radical (unpaired) electrons. The lowest BCUT2D eigenvalue weighted by molar-refractivity contribution is 0.114. The minimum atomic E-state index is 0.299. The van der Waals surface area contributed by atoms with Crippen molar-refractivity contribution in [1.29, 1.82) is 0 Å². The second-order valence-electron chi connectivity index (χ2n) is 4.45. The molecule has 1 aliphatic heterocycles. The Morgan fingerprint density at radius 3 is 3.16 bits per heavy atom. The van der Waals surface area contributed by atoms with Crippen molar-refractivity contribution in [2.75, 3.05) is 13.2 Å². The molecule has 0 aliphatic carbocycles. The Morgan fingerprint density at radius 2 is 2.47 bits per heavy atom. The third-order valence-corrected chi connectivity index (χ3v) is 4.08. The van der Waals surface area contributed by atoms with E-state index in [9.17, 15) is 0 Å². The average molecular weight is 347 g/mol. The maximum Gasteiger partial charge on any atom is 0.166 e. The van der Waals surface area contributed by atoms with Crippen molar-refractivity contribution in [3.63, 3.8) is 0 Å². The van der Waals surface area contributed by atoms with Crippen LogP contribution in [-0.2, 0) is 17.8 Å². The van der Waals surface area contributed by atoms with Crippen molar-refractivity contribution in [2.24, 2.45) is 0 Å². The Kier molecular flexibility index (Phi) is 5.59. The monoisotopic (exact) mass is 346 g/mol. The van der Waals surface area contributed by atoms with Gasteiger partial charge in [0.2, 0.25) is 0 Å². The number of ether oxygens (including phenoxy) is 1. The second-order valence-corrected chi connectivity index (χ2v) is 5.72. The summed E-state index contributed by atoms with van der Waals surface area (Å²) < 4.78 is 8.49. The zero-order chi connectivity index (χ0) is 13.7. The SMILES string of the molecule is CCn1ncc(Br)c1CNC(=S)NCC1CCCO1. The first-order valence-corrected chi connectivity index (χ1v) is 7.74. The van der Waals surface area contributed by atoms with Crippen LogP contribution >= 0.6 is 28.1 Å². The second kappa shape index (κ2) is 7.21. The van der Waals surface area contributed by atoms with Gasteiger partial charge < -0.3 is 15.4 Å². The standard InChI is InChI=1S/C12H19BrN4OS/c1-2-17-11(10(13)7-16-17)8-15-12(19)14-6-9-4-3-5-18-9/h7,9H,2-6,8H2,1H3,(H2,14,15,19). The molecule has 0 amide bonds. The number of aromatic nitrogens is 2. The lowest BCUT2D eigenvalue weighted by atomic mass is 10.2. The van der Waals surface area contributed by atoms with Gasteiger partial charge in [0.15, 0.2) is 5.11 Å². The number of hydrogen-bond donors (Lipinski definition) is 2. The Labute approximate surface area is 127 Å².